The quantitative estimate of drug-likeness (QED) is 0.520. The standard InChI is InChI=1S/C23H25N3O2/c1-28-22(27)11-8-17-6-9-18(10-7-17)21-5-3-14-26(21)15-12-19-16-25-23-20(19)4-2-13-24-23/h2,4,6-11,13,16,21H,3,5,12,14-15H2,1H3,(H,24,25)/b11-8+. The lowest BCUT2D eigenvalue weighted by Crippen LogP contribution is -2.25. The van der Waals surface area contributed by atoms with Gasteiger partial charge in [-0.2, -0.15) is 0 Å². The van der Waals surface area contributed by atoms with E-state index in [1.165, 1.54) is 42.5 Å². The Balaban J connectivity index is 1.42. The molecule has 2 aromatic heterocycles. The highest BCUT2D eigenvalue weighted by Gasteiger charge is 2.25. The van der Waals surface area contributed by atoms with Crippen LogP contribution in [0.3, 0.4) is 0 Å². The molecular formula is C23H25N3O2. The SMILES string of the molecule is COC(=O)/C=C/c1ccc(C2CCCN2CCc2c[nH]c3ncccc23)cc1. The smallest absolute Gasteiger partial charge is 0.330 e. The number of H-pyrrole nitrogens is 1. The maximum Gasteiger partial charge on any atom is 0.330 e. The molecule has 1 aliphatic rings. The summed E-state index contributed by atoms with van der Waals surface area (Å²) in [6.45, 7) is 2.17. The van der Waals surface area contributed by atoms with E-state index in [-0.39, 0.29) is 5.97 Å². The molecule has 28 heavy (non-hydrogen) atoms. The van der Waals surface area contributed by atoms with Gasteiger partial charge in [-0.25, -0.2) is 9.78 Å². The average molecular weight is 375 g/mol. The van der Waals surface area contributed by atoms with Crippen LogP contribution in [0.25, 0.3) is 17.1 Å². The third-order valence-corrected chi connectivity index (χ3v) is 5.50. The fraction of sp³-hybridized carbons (Fsp3) is 0.304. The first-order chi connectivity index (χ1) is 13.7. The number of carbonyl (C=O) groups is 1. The number of esters is 1. The largest absolute Gasteiger partial charge is 0.466 e. The highest BCUT2D eigenvalue weighted by Crippen LogP contribution is 2.32. The normalized spacial score (nSPS) is 17.5. The van der Waals surface area contributed by atoms with Crippen molar-refractivity contribution in [2.75, 3.05) is 20.2 Å². The first-order valence-corrected chi connectivity index (χ1v) is 9.75. The molecule has 1 aromatic carbocycles. The first-order valence-electron chi connectivity index (χ1n) is 9.75. The van der Waals surface area contributed by atoms with Crippen LogP contribution >= 0.6 is 0 Å². The summed E-state index contributed by atoms with van der Waals surface area (Å²) < 4.78 is 4.64. The molecule has 1 atom stereocenters. The minimum atomic E-state index is -0.335. The summed E-state index contributed by atoms with van der Waals surface area (Å²) >= 11 is 0. The molecule has 5 heteroatoms. The molecule has 3 heterocycles. The van der Waals surface area contributed by atoms with Gasteiger partial charge in [0.05, 0.1) is 7.11 Å². The Morgan fingerprint density at radius 1 is 1.32 bits per heavy atom. The third-order valence-electron chi connectivity index (χ3n) is 5.50. The van der Waals surface area contributed by atoms with Gasteiger partial charge in [0.1, 0.15) is 5.65 Å². The van der Waals surface area contributed by atoms with Gasteiger partial charge in [-0.15, -0.1) is 0 Å². The van der Waals surface area contributed by atoms with Gasteiger partial charge >= 0.3 is 5.97 Å². The molecule has 4 rings (SSSR count). The van der Waals surface area contributed by atoms with Crippen molar-refractivity contribution in [3.05, 3.63) is 71.6 Å². The van der Waals surface area contributed by atoms with Crippen LogP contribution < -0.4 is 0 Å². The molecule has 1 aliphatic heterocycles. The number of aromatic nitrogens is 2. The Kier molecular flexibility index (Phi) is 5.53. The fourth-order valence-corrected chi connectivity index (χ4v) is 4.02. The van der Waals surface area contributed by atoms with E-state index in [0.717, 1.165) is 30.7 Å². The second kappa shape index (κ2) is 8.40. The van der Waals surface area contributed by atoms with E-state index in [1.54, 1.807) is 6.08 Å². The lowest BCUT2D eigenvalue weighted by Gasteiger charge is -2.25. The maximum atomic E-state index is 11.2. The molecular weight excluding hydrogens is 350 g/mol. The van der Waals surface area contributed by atoms with E-state index >= 15 is 0 Å². The number of nitrogens with zero attached hydrogens (tertiary/aromatic N) is 2. The molecule has 0 bridgehead atoms. The molecule has 0 radical (unpaired) electrons. The zero-order chi connectivity index (χ0) is 19.3. The number of nitrogens with one attached hydrogen (secondary N) is 1. The lowest BCUT2D eigenvalue weighted by molar-refractivity contribution is -0.134. The van der Waals surface area contributed by atoms with Gasteiger partial charge in [-0.05, 0) is 60.7 Å². The summed E-state index contributed by atoms with van der Waals surface area (Å²) in [4.78, 5) is 21.5. The highest BCUT2D eigenvalue weighted by molar-refractivity contribution is 5.86. The number of rotatable bonds is 6. The van der Waals surface area contributed by atoms with E-state index in [1.807, 2.05) is 12.3 Å². The number of aromatic amines is 1. The van der Waals surface area contributed by atoms with Crippen molar-refractivity contribution in [3.63, 3.8) is 0 Å². The summed E-state index contributed by atoms with van der Waals surface area (Å²) in [5.74, 6) is -0.335. The highest BCUT2D eigenvalue weighted by atomic mass is 16.5. The van der Waals surface area contributed by atoms with Crippen LogP contribution in [0.2, 0.25) is 0 Å². The van der Waals surface area contributed by atoms with E-state index in [0.29, 0.717) is 6.04 Å². The number of likely N-dealkylation sites (tertiary alicyclic amines) is 1. The van der Waals surface area contributed by atoms with Gasteiger partial charge in [0.25, 0.3) is 0 Å². The Morgan fingerprint density at radius 3 is 3.00 bits per heavy atom. The van der Waals surface area contributed by atoms with Crippen molar-refractivity contribution in [3.8, 4) is 0 Å². The fourth-order valence-electron chi connectivity index (χ4n) is 4.02. The molecule has 1 fully saturated rings. The van der Waals surface area contributed by atoms with Crippen molar-refractivity contribution < 1.29 is 9.53 Å². The molecule has 144 valence electrons. The zero-order valence-electron chi connectivity index (χ0n) is 16.1. The minimum Gasteiger partial charge on any atom is -0.466 e. The van der Waals surface area contributed by atoms with Crippen LogP contribution in [0.5, 0.6) is 0 Å². The van der Waals surface area contributed by atoms with Gasteiger partial charge < -0.3 is 9.72 Å². The van der Waals surface area contributed by atoms with Crippen molar-refractivity contribution in [1.29, 1.82) is 0 Å². The second-order valence-corrected chi connectivity index (χ2v) is 7.18. The van der Waals surface area contributed by atoms with Crippen molar-refractivity contribution in [2.45, 2.75) is 25.3 Å². The maximum absolute atomic E-state index is 11.2. The Labute approximate surface area is 165 Å². The van der Waals surface area contributed by atoms with Gasteiger partial charge in [0.15, 0.2) is 0 Å². The predicted molar refractivity (Wildman–Crippen MR) is 111 cm³/mol. The van der Waals surface area contributed by atoms with Gasteiger partial charge in [-0.3, -0.25) is 4.90 Å². The second-order valence-electron chi connectivity index (χ2n) is 7.18. The van der Waals surface area contributed by atoms with Crippen LogP contribution in [-0.4, -0.2) is 41.0 Å². The Morgan fingerprint density at radius 2 is 2.18 bits per heavy atom. The molecule has 0 spiro atoms. The van der Waals surface area contributed by atoms with Gasteiger partial charge in [0.2, 0.25) is 0 Å². The zero-order valence-corrected chi connectivity index (χ0v) is 16.1. The molecule has 1 saturated heterocycles. The van der Waals surface area contributed by atoms with Gasteiger partial charge in [0, 0.05) is 36.4 Å². The summed E-state index contributed by atoms with van der Waals surface area (Å²) in [6.07, 6.45) is 10.6. The topological polar surface area (TPSA) is 58.2 Å². The number of hydrogen-bond donors (Lipinski definition) is 1. The third kappa shape index (κ3) is 3.99. The summed E-state index contributed by atoms with van der Waals surface area (Å²) in [6, 6.07) is 13.1. The summed E-state index contributed by atoms with van der Waals surface area (Å²) in [5, 5.41) is 1.22. The number of fused-ring (bicyclic) bond motifs is 1. The summed E-state index contributed by atoms with van der Waals surface area (Å²) in [7, 11) is 1.39. The van der Waals surface area contributed by atoms with Gasteiger partial charge in [-0.1, -0.05) is 24.3 Å². The number of benzene rings is 1. The van der Waals surface area contributed by atoms with E-state index in [4.69, 9.17) is 0 Å². The van der Waals surface area contributed by atoms with E-state index in [9.17, 15) is 4.79 Å². The van der Waals surface area contributed by atoms with E-state index < -0.39 is 0 Å². The molecule has 0 amide bonds. The van der Waals surface area contributed by atoms with Crippen LogP contribution in [-0.2, 0) is 16.0 Å². The molecule has 3 aromatic rings. The molecule has 0 aliphatic carbocycles. The molecule has 5 nitrogen and oxygen atoms in total. The summed E-state index contributed by atoms with van der Waals surface area (Å²) in [5.41, 5.74) is 4.64. The van der Waals surface area contributed by atoms with Crippen LogP contribution in [0, 0.1) is 0 Å². The van der Waals surface area contributed by atoms with E-state index in [2.05, 4.69) is 56.1 Å². The number of carbonyl (C=O) groups excluding carboxylic acids is 1. The number of hydrogen-bond acceptors (Lipinski definition) is 4. The number of ether oxygens (including phenoxy) is 1. The number of methoxy groups -OCH3 is 1. The Hall–Kier alpha value is -2.92. The lowest BCUT2D eigenvalue weighted by atomic mass is 10.0. The Bertz CT molecular complexity index is 975. The van der Waals surface area contributed by atoms with Crippen molar-refractivity contribution in [1.82, 2.24) is 14.9 Å². The predicted octanol–water partition coefficient (Wildman–Crippen LogP) is 4.13. The van der Waals surface area contributed by atoms with Crippen molar-refractivity contribution >= 4 is 23.1 Å². The molecule has 0 saturated carbocycles. The van der Waals surface area contributed by atoms with Crippen molar-refractivity contribution in [2.24, 2.45) is 0 Å². The monoisotopic (exact) mass is 375 g/mol. The van der Waals surface area contributed by atoms with Crippen LogP contribution in [0.4, 0.5) is 0 Å². The van der Waals surface area contributed by atoms with Crippen LogP contribution in [0.1, 0.15) is 35.6 Å². The average Bonchev–Trinajstić information content (AvgIpc) is 3.37. The molecule has 1 unspecified atom stereocenters. The minimum absolute atomic E-state index is 0.335. The first kappa shape index (κ1) is 18.4. The number of pyridine rings is 1. The van der Waals surface area contributed by atoms with Crippen LogP contribution in [0.15, 0.2) is 54.9 Å². The molecule has 1 N–H and O–H groups in total.